The SMILES string of the molecule is CCN(CC)c1ccc2c(-c3ccc(S(=O)(=O)NCCS)cc3S(=O)(=O)O)c3ccc(=[N+](CC)CC)cc-3oc2c1. The third kappa shape index (κ3) is 6.31. The van der Waals surface area contributed by atoms with E-state index in [4.69, 9.17) is 4.42 Å². The molecule has 0 atom stereocenters. The van der Waals surface area contributed by atoms with Crippen LogP contribution in [-0.4, -0.2) is 59.9 Å². The molecule has 0 saturated heterocycles. The lowest BCUT2D eigenvalue weighted by Gasteiger charge is -2.22. The summed E-state index contributed by atoms with van der Waals surface area (Å²) in [7, 11) is -8.87. The van der Waals surface area contributed by atoms with Gasteiger partial charge in [-0.05, 0) is 58.0 Å². The summed E-state index contributed by atoms with van der Waals surface area (Å²) >= 11 is 4.03. The van der Waals surface area contributed by atoms with Crippen LogP contribution >= 0.6 is 12.6 Å². The molecule has 12 heteroatoms. The first-order valence-electron chi connectivity index (χ1n) is 13.5. The van der Waals surface area contributed by atoms with Crippen LogP contribution in [0.2, 0.25) is 0 Å². The van der Waals surface area contributed by atoms with Gasteiger partial charge in [-0.2, -0.15) is 21.0 Å². The van der Waals surface area contributed by atoms with E-state index in [9.17, 15) is 21.4 Å². The van der Waals surface area contributed by atoms with Gasteiger partial charge in [-0.15, -0.1) is 0 Å². The highest BCUT2D eigenvalue weighted by atomic mass is 32.2. The van der Waals surface area contributed by atoms with Crippen LogP contribution in [0.5, 0.6) is 0 Å². The maximum absolute atomic E-state index is 12.8. The van der Waals surface area contributed by atoms with Gasteiger partial charge in [-0.1, -0.05) is 6.07 Å². The molecule has 0 saturated carbocycles. The highest BCUT2D eigenvalue weighted by Gasteiger charge is 2.27. The van der Waals surface area contributed by atoms with Gasteiger partial charge >= 0.3 is 0 Å². The molecule has 2 aromatic carbocycles. The lowest BCUT2D eigenvalue weighted by Crippen LogP contribution is -2.29. The normalized spacial score (nSPS) is 12.2. The molecule has 1 aliphatic heterocycles. The topological polar surface area (TPSA) is 120 Å². The highest BCUT2D eigenvalue weighted by molar-refractivity contribution is 7.89. The largest absolute Gasteiger partial charge is 0.456 e. The maximum Gasteiger partial charge on any atom is 0.295 e. The van der Waals surface area contributed by atoms with Crippen LogP contribution in [0.25, 0.3) is 33.4 Å². The molecule has 4 rings (SSSR count). The Balaban J connectivity index is 2.13. The fraction of sp³-hybridized carbons (Fsp3) is 0.345. The molecule has 0 spiro atoms. The van der Waals surface area contributed by atoms with Crippen molar-refractivity contribution in [2.45, 2.75) is 37.5 Å². The van der Waals surface area contributed by atoms with Crippen molar-refractivity contribution < 1.29 is 25.8 Å². The van der Waals surface area contributed by atoms with Crippen LogP contribution in [0.4, 0.5) is 5.69 Å². The molecule has 0 bridgehead atoms. The van der Waals surface area contributed by atoms with Crippen LogP contribution in [0, 0.1) is 0 Å². The second-order valence-corrected chi connectivity index (χ2v) is 13.0. The van der Waals surface area contributed by atoms with Crippen molar-refractivity contribution in [1.29, 1.82) is 0 Å². The molecule has 0 radical (unpaired) electrons. The van der Waals surface area contributed by atoms with Crippen molar-refractivity contribution in [3.8, 4) is 22.5 Å². The number of nitrogens with zero attached hydrogens (tertiary/aromatic N) is 2. The summed E-state index contributed by atoms with van der Waals surface area (Å²) in [5, 5.41) is 1.57. The lowest BCUT2D eigenvalue weighted by molar-refractivity contribution is 0.483. The zero-order chi connectivity index (χ0) is 29.9. The second-order valence-electron chi connectivity index (χ2n) is 9.44. The summed E-state index contributed by atoms with van der Waals surface area (Å²) in [6.45, 7) is 11.5. The molecule has 1 aliphatic carbocycles. The van der Waals surface area contributed by atoms with Crippen molar-refractivity contribution in [3.05, 3.63) is 60.0 Å². The van der Waals surface area contributed by atoms with Gasteiger partial charge in [-0.25, -0.2) is 17.7 Å². The molecule has 0 fully saturated rings. The van der Waals surface area contributed by atoms with E-state index in [1.807, 2.05) is 36.4 Å². The van der Waals surface area contributed by atoms with Crippen molar-refractivity contribution >= 4 is 49.4 Å². The highest BCUT2D eigenvalue weighted by Crippen LogP contribution is 2.43. The number of benzene rings is 3. The average molecular weight is 619 g/mol. The van der Waals surface area contributed by atoms with Gasteiger partial charge < -0.3 is 9.32 Å². The molecule has 220 valence electrons. The third-order valence-corrected chi connectivity index (χ3v) is 9.74. The maximum atomic E-state index is 12.8. The molecule has 2 N–H and O–H groups in total. The molecular weight excluding hydrogens is 583 g/mol. The van der Waals surface area contributed by atoms with Gasteiger partial charge in [0.25, 0.3) is 10.1 Å². The van der Waals surface area contributed by atoms with Gasteiger partial charge in [0.2, 0.25) is 15.4 Å². The number of hydrogen-bond acceptors (Lipinski definition) is 7. The molecule has 41 heavy (non-hydrogen) atoms. The molecule has 2 aromatic rings. The molecule has 2 aliphatic rings. The Bertz CT molecular complexity index is 1820. The van der Waals surface area contributed by atoms with Crippen LogP contribution in [0.1, 0.15) is 27.7 Å². The van der Waals surface area contributed by atoms with Crippen LogP contribution in [0.15, 0.2) is 68.8 Å². The number of anilines is 1. The molecular formula is C29H36N3O6S3+. The number of nitrogens with one attached hydrogen (secondary N) is 1. The summed E-state index contributed by atoms with van der Waals surface area (Å²) < 4.78 is 72.4. The van der Waals surface area contributed by atoms with Gasteiger partial charge in [0, 0.05) is 65.3 Å². The predicted octanol–water partition coefficient (Wildman–Crippen LogP) is 4.32. The van der Waals surface area contributed by atoms with Crippen LogP contribution in [0.3, 0.4) is 0 Å². The van der Waals surface area contributed by atoms with Crippen molar-refractivity contribution in [1.82, 2.24) is 9.30 Å². The van der Waals surface area contributed by atoms with E-state index in [1.54, 1.807) is 0 Å². The Kier molecular flexibility index (Phi) is 9.49. The van der Waals surface area contributed by atoms with E-state index < -0.39 is 25.0 Å². The molecule has 0 unspecified atom stereocenters. The molecule has 0 aromatic heterocycles. The van der Waals surface area contributed by atoms with E-state index in [0.717, 1.165) is 43.3 Å². The quantitative estimate of drug-likeness (QED) is 0.0992. The predicted molar refractivity (Wildman–Crippen MR) is 167 cm³/mol. The summed E-state index contributed by atoms with van der Waals surface area (Å²) in [5.41, 5.74) is 2.78. The fourth-order valence-corrected chi connectivity index (χ4v) is 7.20. The fourth-order valence-electron chi connectivity index (χ4n) is 5.08. The zero-order valence-corrected chi connectivity index (χ0v) is 26.1. The Labute approximate surface area is 247 Å². The smallest absolute Gasteiger partial charge is 0.295 e. The van der Waals surface area contributed by atoms with E-state index in [1.165, 1.54) is 12.1 Å². The van der Waals surface area contributed by atoms with E-state index in [-0.39, 0.29) is 22.8 Å². The van der Waals surface area contributed by atoms with Crippen LogP contribution in [-0.2, 0) is 20.1 Å². The van der Waals surface area contributed by atoms with E-state index in [2.05, 4.69) is 54.5 Å². The minimum absolute atomic E-state index is 0.0631. The number of rotatable bonds is 11. The summed E-state index contributed by atoms with van der Waals surface area (Å²) in [6, 6.07) is 15.2. The minimum atomic E-state index is -4.84. The first kappa shape index (κ1) is 31.0. The number of hydrogen-bond donors (Lipinski definition) is 3. The molecule has 9 nitrogen and oxygen atoms in total. The van der Waals surface area contributed by atoms with Gasteiger partial charge in [0.05, 0.1) is 11.0 Å². The molecule has 1 heterocycles. The van der Waals surface area contributed by atoms with Crippen molar-refractivity contribution in [3.63, 3.8) is 0 Å². The Morgan fingerprint density at radius 2 is 1.59 bits per heavy atom. The minimum Gasteiger partial charge on any atom is -0.456 e. The zero-order valence-electron chi connectivity index (χ0n) is 23.6. The Hall–Kier alpha value is -2.90. The van der Waals surface area contributed by atoms with Gasteiger partial charge in [0.1, 0.15) is 29.3 Å². The molecule has 0 amide bonds. The van der Waals surface area contributed by atoms with Gasteiger partial charge in [-0.3, -0.25) is 4.55 Å². The first-order chi connectivity index (χ1) is 19.5. The number of fused-ring (bicyclic) bond motifs is 2. The Morgan fingerprint density at radius 3 is 2.20 bits per heavy atom. The van der Waals surface area contributed by atoms with Crippen molar-refractivity contribution in [2.75, 3.05) is 43.4 Å². The lowest BCUT2D eigenvalue weighted by atomic mass is 9.93. The third-order valence-electron chi connectivity index (χ3n) is 7.16. The first-order valence-corrected chi connectivity index (χ1v) is 17.1. The monoisotopic (exact) mass is 618 g/mol. The van der Waals surface area contributed by atoms with E-state index in [0.29, 0.717) is 27.9 Å². The van der Waals surface area contributed by atoms with E-state index >= 15 is 0 Å². The number of sulfonamides is 1. The summed E-state index contributed by atoms with van der Waals surface area (Å²) in [4.78, 5) is 1.38. The van der Waals surface area contributed by atoms with Crippen molar-refractivity contribution in [2.24, 2.45) is 0 Å². The summed E-state index contributed by atoms with van der Waals surface area (Å²) in [6.07, 6.45) is 0. The van der Waals surface area contributed by atoms with Crippen LogP contribution < -0.4 is 19.6 Å². The summed E-state index contributed by atoms with van der Waals surface area (Å²) in [5.74, 6) is 0.792. The average Bonchev–Trinajstić information content (AvgIpc) is 2.95. The standard InChI is InChI=1S/C29H35N3O6S3/c1-5-31(6-2)20-9-12-23-26(17-20)38-27-18-21(32(7-3)8-4)10-13-24(27)29(23)25-14-11-22(19-28(25)41(35,36)37)40(33,34)30-15-16-39/h9-14,17-19,30H,5-8,15-16H2,1-4H3,(H-,35,36,37,39)/p+1. The second kappa shape index (κ2) is 12.5. The number of thiol groups is 1. The Morgan fingerprint density at radius 1 is 0.902 bits per heavy atom. The van der Waals surface area contributed by atoms with Gasteiger partial charge in [0.15, 0.2) is 0 Å².